The molecule has 3 aromatic heterocycles. The van der Waals surface area contributed by atoms with Gasteiger partial charge in [-0.05, 0) is 36.8 Å². The van der Waals surface area contributed by atoms with Crippen LogP contribution < -0.4 is 10.6 Å². The molecule has 0 saturated carbocycles. The third-order valence-electron chi connectivity index (χ3n) is 4.50. The molecule has 1 amide bonds. The van der Waals surface area contributed by atoms with Crippen LogP contribution in [0.25, 0.3) is 11.3 Å². The number of rotatable bonds is 4. The first kappa shape index (κ1) is 16.8. The second-order valence-corrected chi connectivity index (χ2v) is 6.30. The van der Waals surface area contributed by atoms with Gasteiger partial charge in [0.25, 0.3) is 0 Å². The van der Waals surface area contributed by atoms with Crippen LogP contribution in [0.1, 0.15) is 24.1 Å². The van der Waals surface area contributed by atoms with Crippen molar-refractivity contribution in [2.24, 2.45) is 0 Å². The molecule has 0 bridgehead atoms. The molecule has 27 heavy (non-hydrogen) atoms. The monoisotopic (exact) mass is 358 g/mol. The Labute approximate surface area is 156 Å². The van der Waals surface area contributed by atoms with Crippen LogP contribution in [0.4, 0.5) is 11.5 Å². The Hall–Kier alpha value is -3.61. The number of amides is 1. The van der Waals surface area contributed by atoms with Crippen LogP contribution in [0, 0.1) is 5.41 Å². The van der Waals surface area contributed by atoms with Crippen LogP contribution in [0.3, 0.4) is 0 Å². The van der Waals surface area contributed by atoms with E-state index in [-0.39, 0.29) is 11.6 Å². The molecule has 0 aliphatic carbocycles. The van der Waals surface area contributed by atoms with Crippen molar-refractivity contribution in [1.82, 2.24) is 15.0 Å². The highest BCUT2D eigenvalue weighted by molar-refractivity contribution is 6.13. The van der Waals surface area contributed by atoms with Gasteiger partial charge >= 0.3 is 0 Å². The second-order valence-electron chi connectivity index (χ2n) is 6.30. The highest BCUT2D eigenvalue weighted by Crippen LogP contribution is 2.24. The zero-order chi connectivity index (χ0) is 18.8. The van der Waals surface area contributed by atoms with Crippen molar-refractivity contribution >= 4 is 23.1 Å². The zero-order valence-corrected chi connectivity index (χ0v) is 14.6. The number of pyridine rings is 3. The van der Waals surface area contributed by atoms with Gasteiger partial charge in [0.05, 0.1) is 29.0 Å². The molecule has 4 rings (SSSR count). The van der Waals surface area contributed by atoms with Crippen molar-refractivity contribution < 1.29 is 4.79 Å². The number of hydrogen-bond donors (Lipinski definition) is 2. The standard InChI is InChI=1S/C20H18N6O/c21-15-12-24-17(13-4-2-8-23-11-13)10-14(15)20(22)16-5-1-6-18(25-16)26-9-3-7-19(26)27/h1-2,4-6,8,10-12,22H,3,7,9,21H2. The molecular formula is C20H18N6O. The van der Waals surface area contributed by atoms with Crippen LogP contribution >= 0.6 is 0 Å². The highest BCUT2D eigenvalue weighted by Gasteiger charge is 2.23. The van der Waals surface area contributed by atoms with E-state index in [1.165, 1.54) is 0 Å². The lowest BCUT2D eigenvalue weighted by Crippen LogP contribution is -2.25. The molecule has 1 saturated heterocycles. The van der Waals surface area contributed by atoms with Gasteiger partial charge in [-0.2, -0.15) is 0 Å². The van der Waals surface area contributed by atoms with Gasteiger partial charge in [0.15, 0.2) is 0 Å². The molecule has 0 aromatic carbocycles. The van der Waals surface area contributed by atoms with Gasteiger partial charge in [-0.1, -0.05) is 6.07 Å². The maximum absolute atomic E-state index is 12.0. The van der Waals surface area contributed by atoms with Crippen LogP contribution in [-0.4, -0.2) is 33.1 Å². The summed E-state index contributed by atoms with van der Waals surface area (Å²) in [5, 5.41) is 8.60. The summed E-state index contributed by atoms with van der Waals surface area (Å²) in [7, 11) is 0. The van der Waals surface area contributed by atoms with E-state index >= 15 is 0 Å². The molecule has 0 unspecified atom stereocenters. The molecule has 0 spiro atoms. The number of nitrogens with zero attached hydrogens (tertiary/aromatic N) is 4. The van der Waals surface area contributed by atoms with Crippen molar-refractivity contribution in [2.45, 2.75) is 12.8 Å². The van der Waals surface area contributed by atoms with Gasteiger partial charge in [0, 0.05) is 36.5 Å². The summed E-state index contributed by atoms with van der Waals surface area (Å²) >= 11 is 0. The van der Waals surface area contributed by atoms with E-state index in [4.69, 9.17) is 11.1 Å². The third-order valence-corrected chi connectivity index (χ3v) is 4.50. The number of aromatic nitrogens is 3. The smallest absolute Gasteiger partial charge is 0.228 e. The molecule has 134 valence electrons. The van der Waals surface area contributed by atoms with Gasteiger partial charge < -0.3 is 5.73 Å². The van der Waals surface area contributed by atoms with Crippen LogP contribution in [0.15, 0.2) is 55.0 Å². The minimum atomic E-state index is 0.0634. The lowest BCUT2D eigenvalue weighted by atomic mass is 10.0. The average molecular weight is 358 g/mol. The molecule has 1 aliphatic rings. The number of hydrogen-bond acceptors (Lipinski definition) is 6. The van der Waals surface area contributed by atoms with Crippen LogP contribution in [0.2, 0.25) is 0 Å². The lowest BCUT2D eigenvalue weighted by molar-refractivity contribution is -0.117. The first-order valence-electron chi connectivity index (χ1n) is 8.66. The molecule has 3 N–H and O–H groups in total. The second kappa shape index (κ2) is 6.95. The summed E-state index contributed by atoms with van der Waals surface area (Å²) in [6.45, 7) is 0.658. The average Bonchev–Trinajstić information content (AvgIpc) is 3.14. The molecular weight excluding hydrogens is 340 g/mol. The van der Waals surface area contributed by atoms with E-state index in [0.29, 0.717) is 41.4 Å². The van der Waals surface area contributed by atoms with Crippen LogP contribution in [-0.2, 0) is 4.79 Å². The Kier molecular flexibility index (Phi) is 4.33. The molecule has 7 heteroatoms. The molecule has 0 atom stereocenters. The Bertz CT molecular complexity index is 1020. The van der Waals surface area contributed by atoms with E-state index in [9.17, 15) is 4.79 Å². The summed E-state index contributed by atoms with van der Waals surface area (Å²) in [5.41, 5.74) is 9.20. The van der Waals surface area contributed by atoms with Crippen molar-refractivity contribution in [1.29, 1.82) is 5.41 Å². The van der Waals surface area contributed by atoms with Gasteiger partial charge in [-0.3, -0.25) is 25.1 Å². The number of carbonyl (C=O) groups excluding carboxylic acids is 1. The van der Waals surface area contributed by atoms with E-state index in [1.54, 1.807) is 47.8 Å². The molecule has 7 nitrogen and oxygen atoms in total. The Morgan fingerprint density at radius 2 is 2.07 bits per heavy atom. The first-order valence-corrected chi connectivity index (χ1v) is 8.66. The fourth-order valence-electron chi connectivity index (χ4n) is 3.10. The predicted molar refractivity (Wildman–Crippen MR) is 104 cm³/mol. The van der Waals surface area contributed by atoms with Crippen LogP contribution in [0.5, 0.6) is 0 Å². The Balaban J connectivity index is 1.70. The van der Waals surface area contributed by atoms with E-state index in [2.05, 4.69) is 15.0 Å². The minimum Gasteiger partial charge on any atom is -0.397 e. The SMILES string of the molecule is N=C(c1cccc(N2CCCC2=O)n1)c1cc(-c2cccnc2)ncc1N. The zero-order valence-electron chi connectivity index (χ0n) is 14.6. The van der Waals surface area contributed by atoms with E-state index < -0.39 is 0 Å². The van der Waals surface area contributed by atoms with E-state index in [1.807, 2.05) is 12.1 Å². The van der Waals surface area contributed by atoms with Crippen molar-refractivity contribution in [3.63, 3.8) is 0 Å². The molecule has 1 fully saturated rings. The number of nitrogens with two attached hydrogens (primary N) is 1. The summed E-state index contributed by atoms with van der Waals surface area (Å²) in [6, 6.07) is 10.8. The van der Waals surface area contributed by atoms with Gasteiger partial charge in [-0.25, -0.2) is 4.98 Å². The number of carbonyl (C=O) groups is 1. The number of nitrogens with one attached hydrogen (secondary N) is 1. The highest BCUT2D eigenvalue weighted by atomic mass is 16.2. The lowest BCUT2D eigenvalue weighted by Gasteiger charge is -2.16. The molecule has 4 heterocycles. The number of anilines is 2. The summed E-state index contributed by atoms with van der Waals surface area (Å²) in [4.78, 5) is 26.6. The van der Waals surface area contributed by atoms with Gasteiger partial charge in [0.1, 0.15) is 5.82 Å². The number of nitrogen functional groups attached to an aromatic ring is 1. The molecule has 1 aliphatic heterocycles. The third kappa shape index (κ3) is 3.27. The van der Waals surface area contributed by atoms with Gasteiger partial charge in [-0.15, -0.1) is 0 Å². The van der Waals surface area contributed by atoms with Crippen molar-refractivity contribution in [2.75, 3.05) is 17.2 Å². The fraction of sp³-hybridized carbons (Fsp3) is 0.150. The molecule has 3 aromatic rings. The van der Waals surface area contributed by atoms with Crippen molar-refractivity contribution in [3.05, 3.63) is 66.2 Å². The topological polar surface area (TPSA) is 109 Å². The minimum absolute atomic E-state index is 0.0634. The molecule has 0 radical (unpaired) electrons. The quantitative estimate of drug-likeness (QED) is 0.697. The summed E-state index contributed by atoms with van der Waals surface area (Å²) in [5.74, 6) is 0.633. The Morgan fingerprint density at radius 1 is 1.19 bits per heavy atom. The van der Waals surface area contributed by atoms with Gasteiger partial charge in [0.2, 0.25) is 5.91 Å². The fourth-order valence-corrected chi connectivity index (χ4v) is 3.10. The largest absolute Gasteiger partial charge is 0.397 e. The first-order chi connectivity index (χ1) is 13.1. The summed E-state index contributed by atoms with van der Waals surface area (Å²) < 4.78 is 0. The summed E-state index contributed by atoms with van der Waals surface area (Å²) in [6.07, 6.45) is 6.31. The van der Waals surface area contributed by atoms with E-state index in [0.717, 1.165) is 12.0 Å². The normalized spacial score (nSPS) is 13.8. The Morgan fingerprint density at radius 3 is 2.81 bits per heavy atom. The maximum atomic E-state index is 12.0. The van der Waals surface area contributed by atoms with Crippen molar-refractivity contribution in [3.8, 4) is 11.3 Å². The maximum Gasteiger partial charge on any atom is 0.228 e. The predicted octanol–water partition coefficient (Wildman–Crippen LogP) is 2.66.